The highest BCUT2D eigenvalue weighted by Gasteiger charge is 2.52. The van der Waals surface area contributed by atoms with Gasteiger partial charge >= 0.3 is 6.09 Å². The molecular formula is C21H26N2O5. The van der Waals surface area contributed by atoms with Crippen molar-refractivity contribution in [1.29, 1.82) is 0 Å². The second-order valence-corrected chi connectivity index (χ2v) is 8.34. The van der Waals surface area contributed by atoms with E-state index in [0.717, 1.165) is 51.5 Å². The quantitative estimate of drug-likeness (QED) is 0.839. The molecule has 1 spiro atoms. The zero-order valence-corrected chi connectivity index (χ0v) is 15.9. The third kappa shape index (κ3) is 2.97. The van der Waals surface area contributed by atoms with E-state index in [1.54, 1.807) is 18.2 Å². The summed E-state index contributed by atoms with van der Waals surface area (Å²) in [5.41, 5.74) is 0.643. The van der Waals surface area contributed by atoms with E-state index in [0.29, 0.717) is 35.4 Å². The maximum Gasteiger partial charge on any atom is 0.411 e. The molecule has 3 heterocycles. The number of ether oxygens (including phenoxy) is 3. The van der Waals surface area contributed by atoms with Crippen LogP contribution in [-0.2, 0) is 9.53 Å². The molecule has 3 aliphatic heterocycles. The molecule has 7 heteroatoms. The Hall–Kier alpha value is -2.44. The molecule has 28 heavy (non-hydrogen) atoms. The van der Waals surface area contributed by atoms with Crippen LogP contribution in [0, 0.1) is 5.92 Å². The number of carbonyl (C=O) groups is 2. The molecule has 5 rings (SSSR count). The van der Waals surface area contributed by atoms with Gasteiger partial charge in [0, 0.05) is 30.3 Å². The molecule has 3 fully saturated rings. The third-order valence-corrected chi connectivity index (χ3v) is 6.87. The molecule has 3 atom stereocenters. The molecule has 1 N–H and O–H groups in total. The topological polar surface area (TPSA) is 77.1 Å². The summed E-state index contributed by atoms with van der Waals surface area (Å²) in [7, 11) is 0. The van der Waals surface area contributed by atoms with Crippen LogP contribution in [0.5, 0.6) is 11.5 Å². The lowest BCUT2D eigenvalue weighted by Crippen LogP contribution is -2.54. The Kier molecular flexibility index (Phi) is 4.33. The normalized spacial score (nSPS) is 31.0. The van der Waals surface area contributed by atoms with Crippen molar-refractivity contribution >= 4 is 17.7 Å². The van der Waals surface area contributed by atoms with Crippen molar-refractivity contribution < 1.29 is 23.8 Å². The van der Waals surface area contributed by atoms with Gasteiger partial charge in [-0.05, 0) is 63.0 Å². The number of rotatable bonds is 2. The fourth-order valence-electron chi connectivity index (χ4n) is 5.63. The first kappa shape index (κ1) is 17.6. The second-order valence-electron chi connectivity index (χ2n) is 8.34. The summed E-state index contributed by atoms with van der Waals surface area (Å²) in [6.07, 6.45) is 6.90. The lowest BCUT2D eigenvalue weighted by molar-refractivity contribution is -0.138. The van der Waals surface area contributed by atoms with E-state index in [1.807, 2.05) is 0 Å². The number of carbonyl (C=O) groups excluding carboxylic acids is 2. The van der Waals surface area contributed by atoms with Crippen LogP contribution >= 0.6 is 0 Å². The number of benzene rings is 1. The van der Waals surface area contributed by atoms with Crippen molar-refractivity contribution in [2.75, 3.05) is 18.7 Å². The molecule has 4 aliphatic rings. The summed E-state index contributed by atoms with van der Waals surface area (Å²) in [6.45, 7) is 1.10. The average Bonchev–Trinajstić information content (AvgIpc) is 3.28. The van der Waals surface area contributed by atoms with Crippen molar-refractivity contribution in [2.45, 2.75) is 63.0 Å². The molecule has 1 aromatic carbocycles. The van der Waals surface area contributed by atoms with Crippen LogP contribution in [0.4, 0.5) is 10.5 Å². The molecule has 2 amide bonds. The number of nitrogens with one attached hydrogen (secondary N) is 1. The molecule has 1 aromatic rings. The van der Waals surface area contributed by atoms with Crippen LogP contribution in [0.15, 0.2) is 18.2 Å². The van der Waals surface area contributed by atoms with Gasteiger partial charge in [0.2, 0.25) is 12.7 Å². The van der Waals surface area contributed by atoms with E-state index in [2.05, 4.69) is 10.2 Å². The van der Waals surface area contributed by atoms with Crippen molar-refractivity contribution in [2.24, 2.45) is 5.92 Å². The number of nitrogens with zero attached hydrogens (tertiary/aromatic N) is 1. The summed E-state index contributed by atoms with van der Waals surface area (Å²) < 4.78 is 16.4. The Balaban J connectivity index is 1.22. The minimum atomic E-state index is -0.437. The van der Waals surface area contributed by atoms with Gasteiger partial charge in [-0.1, -0.05) is 0 Å². The van der Waals surface area contributed by atoms with Gasteiger partial charge in [-0.25, -0.2) is 4.79 Å². The third-order valence-electron chi connectivity index (χ3n) is 6.87. The van der Waals surface area contributed by atoms with Crippen LogP contribution < -0.4 is 14.8 Å². The summed E-state index contributed by atoms with van der Waals surface area (Å²) in [6, 6.07) is 5.30. The van der Waals surface area contributed by atoms with Crippen LogP contribution in [-0.4, -0.2) is 41.9 Å². The summed E-state index contributed by atoms with van der Waals surface area (Å²) >= 11 is 0. The van der Waals surface area contributed by atoms with E-state index in [4.69, 9.17) is 14.2 Å². The van der Waals surface area contributed by atoms with Crippen molar-refractivity contribution in [3.63, 3.8) is 0 Å². The number of hydrogen-bond donors (Lipinski definition) is 1. The molecule has 2 saturated heterocycles. The van der Waals surface area contributed by atoms with Gasteiger partial charge in [0.05, 0.1) is 0 Å². The molecule has 1 aliphatic carbocycles. The van der Waals surface area contributed by atoms with E-state index < -0.39 is 6.09 Å². The van der Waals surface area contributed by atoms with E-state index >= 15 is 0 Å². The highest BCUT2D eigenvalue weighted by atomic mass is 16.7. The number of fused-ring (bicyclic) bond motifs is 1. The summed E-state index contributed by atoms with van der Waals surface area (Å²) in [4.78, 5) is 27.1. The summed E-state index contributed by atoms with van der Waals surface area (Å²) in [5, 5.41) is 2.79. The Labute approximate surface area is 164 Å². The van der Waals surface area contributed by atoms with Gasteiger partial charge in [-0.2, -0.15) is 0 Å². The van der Waals surface area contributed by atoms with Gasteiger partial charge < -0.3 is 19.1 Å². The molecule has 7 nitrogen and oxygen atoms in total. The molecule has 0 unspecified atom stereocenters. The van der Waals surface area contributed by atoms with Crippen LogP contribution in [0.25, 0.3) is 0 Å². The van der Waals surface area contributed by atoms with Gasteiger partial charge in [0.15, 0.2) is 11.5 Å². The fraction of sp³-hybridized carbons (Fsp3) is 0.619. The maximum absolute atomic E-state index is 12.5. The summed E-state index contributed by atoms with van der Waals surface area (Å²) in [5.74, 6) is 2.06. The number of hydrogen-bond acceptors (Lipinski definition) is 5. The fourth-order valence-corrected chi connectivity index (χ4v) is 5.63. The highest BCUT2D eigenvalue weighted by Crippen LogP contribution is 2.49. The van der Waals surface area contributed by atoms with Crippen LogP contribution in [0.1, 0.15) is 51.4 Å². The monoisotopic (exact) mass is 386 g/mol. The van der Waals surface area contributed by atoms with Crippen molar-refractivity contribution in [1.82, 2.24) is 4.90 Å². The predicted molar refractivity (Wildman–Crippen MR) is 101 cm³/mol. The Morgan fingerprint density at radius 3 is 3.00 bits per heavy atom. The standard InChI is InChI=1S/C21H26N2O5/c24-19-4-1-3-14-11-16(7-9-21(14)8-2-10-23(19)21)28-20(25)22-15-5-6-17-18(12-15)27-13-26-17/h5-6,12,14,16H,1-4,7-11,13H2,(H,22,25)/t14-,16+,21+/m0/s1. The van der Waals surface area contributed by atoms with E-state index in [1.165, 1.54) is 0 Å². The van der Waals surface area contributed by atoms with Gasteiger partial charge in [0.25, 0.3) is 0 Å². The predicted octanol–water partition coefficient (Wildman–Crippen LogP) is 3.68. The van der Waals surface area contributed by atoms with Crippen molar-refractivity contribution in [3.05, 3.63) is 18.2 Å². The molecule has 150 valence electrons. The maximum atomic E-state index is 12.5. The van der Waals surface area contributed by atoms with E-state index in [-0.39, 0.29) is 18.4 Å². The van der Waals surface area contributed by atoms with Crippen molar-refractivity contribution in [3.8, 4) is 11.5 Å². The SMILES string of the molecule is O=C(Nc1ccc2c(c1)OCO2)O[C@@H]1CC[C@@]23CCCN2C(=O)CCC[C@H]3C1. The van der Waals surface area contributed by atoms with Crippen LogP contribution in [0.2, 0.25) is 0 Å². The minimum absolute atomic E-state index is 0.0151. The first-order valence-electron chi connectivity index (χ1n) is 10.3. The molecule has 0 aromatic heterocycles. The van der Waals surface area contributed by atoms with Crippen LogP contribution in [0.3, 0.4) is 0 Å². The molecule has 0 bridgehead atoms. The Bertz CT molecular complexity index is 797. The first-order valence-corrected chi connectivity index (χ1v) is 10.3. The second kappa shape index (κ2) is 6.87. The van der Waals surface area contributed by atoms with Gasteiger partial charge in [0.1, 0.15) is 6.10 Å². The zero-order chi connectivity index (χ0) is 19.1. The first-order chi connectivity index (χ1) is 13.6. The molecule has 1 saturated carbocycles. The lowest BCUT2D eigenvalue weighted by atomic mass is 9.69. The van der Waals surface area contributed by atoms with Gasteiger partial charge in [-0.3, -0.25) is 10.1 Å². The Morgan fingerprint density at radius 1 is 1.18 bits per heavy atom. The zero-order valence-electron chi connectivity index (χ0n) is 15.9. The molecule has 0 radical (unpaired) electrons. The minimum Gasteiger partial charge on any atom is -0.454 e. The lowest BCUT2D eigenvalue weighted by Gasteiger charge is -2.48. The number of anilines is 1. The largest absolute Gasteiger partial charge is 0.454 e. The molecular weight excluding hydrogens is 360 g/mol. The van der Waals surface area contributed by atoms with E-state index in [9.17, 15) is 9.59 Å². The van der Waals surface area contributed by atoms with Gasteiger partial charge in [-0.15, -0.1) is 0 Å². The smallest absolute Gasteiger partial charge is 0.411 e. The highest BCUT2D eigenvalue weighted by molar-refractivity contribution is 5.85. The average molecular weight is 386 g/mol. The Morgan fingerprint density at radius 2 is 2.07 bits per heavy atom. The number of amides is 2.